The molecule has 0 fully saturated rings. The number of hydrogen-bond acceptors (Lipinski definition) is 5. The molecule has 108 valence electrons. The normalized spacial score (nSPS) is 13.2. The van der Waals surface area contributed by atoms with E-state index >= 15 is 0 Å². The van der Waals surface area contributed by atoms with Crippen molar-refractivity contribution in [3.05, 3.63) is 0 Å². The Morgan fingerprint density at radius 3 is 2.26 bits per heavy atom. The van der Waals surface area contributed by atoms with Crippen LogP contribution in [0.2, 0.25) is 0 Å². The number of carboxylic acids is 2. The van der Waals surface area contributed by atoms with E-state index in [1.165, 1.54) is 6.92 Å². The van der Waals surface area contributed by atoms with Crippen molar-refractivity contribution in [2.75, 3.05) is 6.54 Å². The number of carbonyl (C=O) groups is 4. The van der Waals surface area contributed by atoms with Gasteiger partial charge in [-0.1, -0.05) is 0 Å². The van der Waals surface area contributed by atoms with Gasteiger partial charge in [0.25, 0.3) is 0 Å². The first-order valence-corrected chi connectivity index (χ1v) is 5.51. The molecular weight excluding hydrogens is 258 g/mol. The molecule has 0 aliphatic heterocycles. The van der Waals surface area contributed by atoms with E-state index in [2.05, 4.69) is 10.6 Å². The van der Waals surface area contributed by atoms with E-state index in [1.54, 1.807) is 0 Å². The predicted molar refractivity (Wildman–Crippen MR) is 63.1 cm³/mol. The summed E-state index contributed by atoms with van der Waals surface area (Å²) in [6.07, 6.45) is -0.300. The molecule has 0 aromatic heterocycles. The summed E-state index contributed by atoms with van der Waals surface area (Å²) in [4.78, 5) is 43.3. The Labute approximate surface area is 109 Å². The molecule has 9 heteroatoms. The van der Waals surface area contributed by atoms with Gasteiger partial charge < -0.3 is 26.6 Å². The zero-order valence-electron chi connectivity index (χ0n) is 10.4. The molecule has 2 amide bonds. The molecule has 2 unspecified atom stereocenters. The quantitative estimate of drug-likeness (QED) is 0.338. The van der Waals surface area contributed by atoms with E-state index in [0.717, 1.165) is 0 Å². The molecule has 6 N–H and O–H groups in total. The SMILES string of the molecule is CC(NC(=O)CNC(=O)C(N)CCC(=O)O)C(=O)O. The van der Waals surface area contributed by atoms with Crippen LogP contribution in [0.4, 0.5) is 0 Å². The Morgan fingerprint density at radius 1 is 1.21 bits per heavy atom. The van der Waals surface area contributed by atoms with Gasteiger partial charge in [-0.05, 0) is 13.3 Å². The lowest BCUT2D eigenvalue weighted by atomic mass is 10.1. The monoisotopic (exact) mass is 275 g/mol. The Morgan fingerprint density at radius 2 is 1.79 bits per heavy atom. The first-order valence-electron chi connectivity index (χ1n) is 5.51. The highest BCUT2D eigenvalue weighted by Crippen LogP contribution is 1.94. The molecule has 0 aromatic carbocycles. The second kappa shape index (κ2) is 8.03. The molecular formula is C10H17N3O6. The van der Waals surface area contributed by atoms with E-state index < -0.39 is 42.4 Å². The number of rotatable bonds is 8. The summed E-state index contributed by atoms with van der Waals surface area (Å²) in [7, 11) is 0. The van der Waals surface area contributed by atoms with Crippen LogP contribution in [0.3, 0.4) is 0 Å². The molecule has 0 radical (unpaired) electrons. The van der Waals surface area contributed by atoms with Crippen molar-refractivity contribution in [2.24, 2.45) is 5.73 Å². The molecule has 19 heavy (non-hydrogen) atoms. The van der Waals surface area contributed by atoms with Crippen LogP contribution in [0.5, 0.6) is 0 Å². The molecule has 0 aliphatic rings. The van der Waals surface area contributed by atoms with Gasteiger partial charge >= 0.3 is 11.9 Å². The van der Waals surface area contributed by atoms with Gasteiger partial charge in [-0.3, -0.25) is 19.2 Å². The summed E-state index contributed by atoms with van der Waals surface area (Å²) in [6.45, 7) is 0.859. The van der Waals surface area contributed by atoms with Crippen LogP contribution < -0.4 is 16.4 Å². The second-order valence-corrected chi connectivity index (χ2v) is 3.88. The lowest BCUT2D eigenvalue weighted by Crippen LogP contribution is -2.47. The topological polar surface area (TPSA) is 159 Å². The fourth-order valence-electron chi connectivity index (χ4n) is 1.06. The van der Waals surface area contributed by atoms with Gasteiger partial charge in [0.15, 0.2) is 0 Å². The molecule has 0 saturated carbocycles. The zero-order chi connectivity index (χ0) is 15.0. The number of carboxylic acid groups (broad SMARTS) is 2. The van der Waals surface area contributed by atoms with Gasteiger partial charge in [-0.15, -0.1) is 0 Å². The van der Waals surface area contributed by atoms with Gasteiger partial charge in [-0.25, -0.2) is 0 Å². The van der Waals surface area contributed by atoms with Crippen LogP contribution in [0.1, 0.15) is 19.8 Å². The van der Waals surface area contributed by atoms with Gasteiger partial charge in [0.2, 0.25) is 11.8 Å². The van der Waals surface area contributed by atoms with Crippen molar-refractivity contribution in [1.82, 2.24) is 10.6 Å². The van der Waals surface area contributed by atoms with Crippen LogP contribution in [-0.4, -0.2) is 52.6 Å². The molecule has 0 aliphatic carbocycles. The molecule has 0 heterocycles. The predicted octanol–water partition coefficient (Wildman–Crippen LogP) is -2.12. The smallest absolute Gasteiger partial charge is 0.325 e. The standard InChI is InChI=1S/C10H17N3O6/c1-5(10(18)19)13-7(14)4-12-9(17)6(11)2-3-8(15)16/h5-6H,2-4,11H2,1H3,(H,12,17)(H,13,14)(H,15,16)(H,18,19). The molecule has 9 nitrogen and oxygen atoms in total. The summed E-state index contributed by atoms with van der Waals surface area (Å²) < 4.78 is 0. The molecule has 0 rings (SSSR count). The van der Waals surface area contributed by atoms with Crippen LogP contribution >= 0.6 is 0 Å². The van der Waals surface area contributed by atoms with Crippen molar-refractivity contribution in [2.45, 2.75) is 31.8 Å². The Kier molecular flexibility index (Phi) is 7.12. The average molecular weight is 275 g/mol. The largest absolute Gasteiger partial charge is 0.481 e. The minimum absolute atomic E-state index is 0.0473. The first kappa shape index (κ1) is 16.8. The van der Waals surface area contributed by atoms with Crippen molar-refractivity contribution >= 4 is 23.8 Å². The Balaban J connectivity index is 3.98. The van der Waals surface area contributed by atoms with Crippen LogP contribution in [0.15, 0.2) is 0 Å². The van der Waals surface area contributed by atoms with E-state index in [-0.39, 0.29) is 12.8 Å². The maximum Gasteiger partial charge on any atom is 0.325 e. The summed E-state index contributed by atoms with van der Waals surface area (Å²) in [5.41, 5.74) is 5.40. The van der Waals surface area contributed by atoms with Gasteiger partial charge in [0.1, 0.15) is 6.04 Å². The number of nitrogens with two attached hydrogens (primary N) is 1. The highest BCUT2D eigenvalue weighted by Gasteiger charge is 2.17. The third-order valence-corrected chi connectivity index (χ3v) is 2.18. The van der Waals surface area contributed by atoms with Crippen molar-refractivity contribution in [1.29, 1.82) is 0 Å². The zero-order valence-corrected chi connectivity index (χ0v) is 10.4. The highest BCUT2D eigenvalue weighted by atomic mass is 16.4. The van der Waals surface area contributed by atoms with Gasteiger partial charge in [0, 0.05) is 6.42 Å². The molecule has 0 bridgehead atoms. The lowest BCUT2D eigenvalue weighted by Gasteiger charge is -2.12. The minimum Gasteiger partial charge on any atom is -0.481 e. The molecule has 0 aromatic rings. The van der Waals surface area contributed by atoms with Crippen molar-refractivity contribution in [3.8, 4) is 0 Å². The van der Waals surface area contributed by atoms with E-state index in [0.29, 0.717) is 0 Å². The summed E-state index contributed by atoms with van der Waals surface area (Å²) in [6, 6.07) is -2.09. The van der Waals surface area contributed by atoms with E-state index in [9.17, 15) is 19.2 Å². The Bertz CT molecular complexity index is 370. The van der Waals surface area contributed by atoms with Crippen molar-refractivity contribution < 1.29 is 29.4 Å². The maximum atomic E-state index is 11.4. The number of aliphatic carboxylic acids is 2. The van der Waals surface area contributed by atoms with Crippen LogP contribution in [0, 0.1) is 0 Å². The molecule has 2 atom stereocenters. The molecule has 0 saturated heterocycles. The number of amides is 2. The fourth-order valence-corrected chi connectivity index (χ4v) is 1.06. The molecule has 0 spiro atoms. The minimum atomic E-state index is -1.20. The fraction of sp³-hybridized carbons (Fsp3) is 0.600. The van der Waals surface area contributed by atoms with E-state index in [4.69, 9.17) is 15.9 Å². The summed E-state index contributed by atoms with van der Waals surface area (Å²) in [5.74, 6) is -3.61. The number of carbonyl (C=O) groups excluding carboxylic acids is 2. The third-order valence-electron chi connectivity index (χ3n) is 2.18. The maximum absolute atomic E-state index is 11.4. The van der Waals surface area contributed by atoms with E-state index in [1.807, 2.05) is 0 Å². The van der Waals surface area contributed by atoms with Crippen LogP contribution in [-0.2, 0) is 19.2 Å². The first-order chi connectivity index (χ1) is 8.73. The second-order valence-electron chi connectivity index (χ2n) is 3.88. The Hall–Kier alpha value is -2.16. The summed E-state index contributed by atoms with van der Waals surface area (Å²) >= 11 is 0. The number of nitrogens with one attached hydrogen (secondary N) is 2. The highest BCUT2D eigenvalue weighted by molar-refractivity contribution is 5.89. The van der Waals surface area contributed by atoms with Gasteiger partial charge in [0.05, 0.1) is 12.6 Å². The van der Waals surface area contributed by atoms with Crippen LogP contribution in [0.25, 0.3) is 0 Å². The number of hydrogen-bond donors (Lipinski definition) is 5. The van der Waals surface area contributed by atoms with Gasteiger partial charge in [-0.2, -0.15) is 0 Å². The average Bonchev–Trinajstić information content (AvgIpc) is 2.32. The lowest BCUT2D eigenvalue weighted by molar-refractivity contribution is -0.141. The summed E-state index contributed by atoms with van der Waals surface area (Å²) in [5, 5.41) is 21.3. The third kappa shape index (κ3) is 7.71. The van der Waals surface area contributed by atoms with Crippen molar-refractivity contribution in [3.63, 3.8) is 0 Å².